The number of thiophene rings is 1. The zero-order valence-electron chi connectivity index (χ0n) is 13.1. The van der Waals surface area contributed by atoms with Crippen molar-refractivity contribution in [2.24, 2.45) is 11.8 Å². The fourth-order valence-corrected chi connectivity index (χ4v) is 5.51. The second kappa shape index (κ2) is 6.70. The lowest BCUT2D eigenvalue weighted by molar-refractivity contribution is 0.0783. The van der Waals surface area contributed by atoms with Gasteiger partial charge in [0.15, 0.2) is 0 Å². The SMILES string of the molecule is CS(=O)(=O)N1CCC(C2CCN(C(=O)c3ccc(Cl)s3)C2)CC1. The summed E-state index contributed by atoms with van der Waals surface area (Å²) in [6, 6.07) is 3.54. The van der Waals surface area contributed by atoms with Gasteiger partial charge in [0.05, 0.1) is 15.5 Å². The number of piperidine rings is 1. The van der Waals surface area contributed by atoms with Crippen LogP contribution in [0.3, 0.4) is 0 Å². The summed E-state index contributed by atoms with van der Waals surface area (Å²) in [5.41, 5.74) is 0. The minimum Gasteiger partial charge on any atom is -0.338 e. The van der Waals surface area contributed by atoms with Crippen molar-refractivity contribution in [3.8, 4) is 0 Å². The molecule has 2 saturated heterocycles. The summed E-state index contributed by atoms with van der Waals surface area (Å²) in [7, 11) is -3.07. The Morgan fingerprint density at radius 3 is 2.39 bits per heavy atom. The van der Waals surface area contributed by atoms with Crippen molar-refractivity contribution in [3.05, 3.63) is 21.3 Å². The highest BCUT2D eigenvalue weighted by atomic mass is 35.5. The largest absolute Gasteiger partial charge is 0.338 e. The van der Waals surface area contributed by atoms with E-state index in [9.17, 15) is 13.2 Å². The monoisotopic (exact) mass is 376 g/mol. The minimum absolute atomic E-state index is 0.0676. The topological polar surface area (TPSA) is 57.7 Å². The molecule has 1 unspecified atom stereocenters. The number of carbonyl (C=O) groups is 1. The number of rotatable bonds is 3. The van der Waals surface area contributed by atoms with E-state index in [2.05, 4.69) is 0 Å². The number of amides is 1. The third kappa shape index (κ3) is 3.90. The number of nitrogens with zero attached hydrogens (tertiary/aromatic N) is 2. The molecule has 0 radical (unpaired) electrons. The molecule has 3 heterocycles. The molecule has 0 spiro atoms. The number of sulfonamides is 1. The molecule has 1 atom stereocenters. The molecule has 1 amide bonds. The zero-order valence-corrected chi connectivity index (χ0v) is 15.5. The number of hydrogen-bond acceptors (Lipinski definition) is 4. The highest BCUT2D eigenvalue weighted by Crippen LogP contribution is 2.33. The maximum atomic E-state index is 12.5. The average Bonchev–Trinajstić information content (AvgIpc) is 3.15. The van der Waals surface area contributed by atoms with Crippen LogP contribution < -0.4 is 0 Å². The maximum Gasteiger partial charge on any atom is 0.263 e. The van der Waals surface area contributed by atoms with Gasteiger partial charge in [0.25, 0.3) is 5.91 Å². The molecule has 2 aliphatic heterocycles. The number of hydrogen-bond donors (Lipinski definition) is 0. The smallest absolute Gasteiger partial charge is 0.263 e. The molecule has 128 valence electrons. The third-order valence-electron chi connectivity index (χ3n) is 4.93. The van der Waals surface area contributed by atoms with Gasteiger partial charge in [-0.15, -0.1) is 11.3 Å². The molecule has 1 aromatic rings. The standard InChI is InChI=1S/C15H21ClN2O3S2/c1-23(20,21)18-8-5-11(6-9-18)12-4-7-17(10-12)15(19)13-2-3-14(16)22-13/h2-3,11-12H,4-10H2,1H3. The summed E-state index contributed by atoms with van der Waals surface area (Å²) >= 11 is 7.23. The summed E-state index contributed by atoms with van der Waals surface area (Å²) < 4.78 is 25.4. The summed E-state index contributed by atoms with van der Waals surface area (Å²) in [4.78, 5) is 15.1. The van der Waals surface area contributed by atoms with Crippen LogP contribution in [0.1, 0.15) is 28.9 Å². The normalized spacial score (nSPS) is 24.3. The van der Waals surface area contributed by atoms with Gasteiger partial charge in [-0.05, 0) is 43.2 Å². The molecule has 0 N–H and O–H groups in total. The van der Waals surface area contributed by atoms with Gasteiger partial charge >= 0.3 is 0 Å². The van der Waals surface area contributed by atoms with E-state index in [1.54, 1.807) is 16.4 Å². The van der Waals surface area contributed by atoms with Crippen LogP contribution in [0, 0.1) is 11.8 Å². The molecule has 2 fully saturated rings. The maximum absolute atomic E-state index is 12.5. The Morgan fingerprint density at radius 2 is 1.83 bits per heavy atom. The van der Waals surface area contributed by atoms with Crippen molar-refractivity contribution in [3.63, 3.8) is 0 Å². The van der Waals surface area contributed by atoms with Gasteiger partial charge in [-0.3, -0.25) is 4.79 Å². The van der Waals surface area contributed by atoms with Crippen LogP contribution in [0.4, 0.5) is 0 Å². The van der Waals surface area contributed by atoms with E-state index >= 15 is 0 Å². The van der Waals surface area contributed by atoms with E-state index in [1.165, 1.54) is 17.6 Å². The highest BCUT2D eigenvalue weighted by molar-refractivity contribution is 7.88. The van der Waals surface area contributed by atoms with Gasteiger partial charge in [0.2, 0.25) is 10.0 Å². The van der Waals surface area contributed by atoms with Crippen LogP contribution in [0.5, 0.6) is 0 Å². The van der Waals surface area contributed by atoms with E-state index in [0.29, 0.717) is 34.1 Å². The van der Waals surface area contributed by atoms with Crippen molar-refractivity contribution in [1.29, 1.82) is 0 Å². The number of carbonyl (C=O) groups excluding carboxylic acids is 1. The molecule has 23 heavy (non-hydrogen) atoms. The predicted octanol–water partition coefficient (Wildman–Crippen LogP) is 2.54. The molecule has 8 heteroatoms. The Labute approximate surface area is 146 Å². The minimum atomic E-state index is -3.07. The van der Waals surface area contributed by atoms with Gasteiger partial charge in [0, 0.05) is 26.2 Å². The van der Waals surface area contributed by atoms with Crippen LogP contribution >= 0.6 is 22.9 Å². The summed E-state index contributed by atoms with van der Waals surface area (Å²) in [5.74, 6) is 1.06. The number of halogens is 1. The summed E-state index contributed by atoms with van der Waals surface area (Å²) in [6.45, 7) is 2.77. The quantitative estimate of drug-likeness (QED) is 0.814. The summed E-state index contributed by atoms with van der Waals surface area (Å²) in [5, 5.41) is 0. The van der Waals surface area contributed by atoms with Gasteiger partial charge in [-0.2, -0.15) is 0 Å². The van der Waals surface area contributed by atoms with Crippen LogP contribution in [-0.4, -0.2) is 56.0 Å². The Hall–Kier alpha value is -0.630. The highest BCUT2D eigenvalue weighted by Gasteiger charge is 2.35. The predicted molar refractivity (Wildman–Crippen MR) is 92.5 cm³/mol. The lowest BCUT2D eigenvalue weighted by Crippen LogP contribution is -2.40. The molecule has 0 bridgehead atoms. The van der Waals surface area contributed by atoms with Crippen LogP contribution in [0.25, 0.3) is 0 Å². The zero-order chi connectivity index (χ0) is 16.6. The Bertz CT molecular complexity index is 681. The molecule has 3 rings (SSSR count). The lowest BCUT2D eigenvalue weighted by atomic mass is 9.84. The Morgan fingerprint density at radius 1 is 1.17 bits per heavy atom. The van der Waals surface area contributed by atoms with E-state index in [0.717, 1.165) is 32.4 Å². The van der Waals surface area contributed by atoms with Crippen LogP contribution in [0.2, 0.25) is 4.34 Å². The summed E-state index contributed by atoms with van der Waals surface area (Å²) in [6.07, 6.45) is 4.07. The first-order chi connectivity index (χ1) is 10.8. The Balaban J connectivity index is 1.55. The molecule has 0 saturated carbocycles. The lowest BCUT2D eigenvalue weighted by Gasteiger charge is -2.33. The van der Waals surface area contributed by atoms with Gasteiger partial charge in [-0.25, -0.2) is 12.7 Å². The van der Waals surface area contributed by atoms with Crippen molar-refractivity contribution < 1.29 is 13.2 Å². The van der Waals surface area contributed by atoms with Crippen LogP contribution in [0.15, 0.2) is 12.1 Å². The Kier molecular flexibility index (Phi) is 5.01. The van der Waals surface area contributed by atoms with Gasteiger partial charge in [0.1, 0.15) is 0 Å². The van der Waals surface area contributed by atoms with E-state index in [4.69, 9.17) is 11.6 Å². The molecule has 5 nitrogen and oxygen atoms in total. The van der Waals surface area contributed by atoms with E-state index in [-0.39, 0.29) is 5.91 Å². The molecule has 1 aromatic heterocycles. The fraction of sp³-hybridized carbons (Fsp3) is 0.667. The second-order valence-electron chi connectivity index (χ2n) is 6.40. The second-order valence-corrected chi connectivity index (χ2v) is 10.1. The van der Waals surface area contributed by atoms with E-state index in [1.807, 2.05) is 4.90 Å². The molecular weight excluding hydrogens is 356 g/mol. The first-order valence-electron chi connectivity index (χ1n) is 7.84. The molecule has 0 aliphatic carbocycles. The molecule has 2 aliphatic rings. The van der Waals surface area contributed by atoms with E-state index < -0.39 is 10.0 Å². The first kappa shape index (κ1) is 17.2. The average molecular weight is 377 g/mol. The fourth-order valence-electron chi connectivity index (χ4n) is 3.62. The third-order valence-corrected chi connectivity index (χ3v) is 7.45. The van der Waals surface area contributed by atoms with Crippen molar-refractivity contribution in [2.75, 3.05) is 32.4 Å². The molecular formula is C15H21ClN2O3S2. The molecule has 0 aromatic carbocycles. The van der Waals surface area contributed by atoms with Crippen LogP contribution in [-0.2, 0) is 10.0 Å². The number of likely N-dealkylation sites (tertiary alicyclic amines) is 1. The van der Waals surface area contributed by atoms with Crippen molar-refractivity contribution in [2.45, 2.75) is 19.3 Å². The van der Waals surface area contributed by atoms with Crippen molar-refractivity contribution in [1.82, 2.24) is 9.21 Å². The van der Waals surface area contributed by atoms with Gasteiger partial charge in [-0.1, -0.05) is 11.6 Å². The first-order valence-corrected chi connectivity index (χ1v) is 10.9. The van der Waals surface area contributed by atoms with Gasteiger partial charge < -0.3 is 4.90 Å². The van der Waals surface area contributed by atoms with Crippen molar-refractivity contribution >= 4 is 38.9 Å².